The molecule has 0 aromatic heterocycles. The summed E-state index contributed by atoms with van der Waals surface area (Å²) in [5, 5.41) is 0. The van der Waals surface area contributed by atoms with Gasteiger partial charge in [0.25, 0.3) is 0 Å². The molecule has 0 aromatic carbocycles. The minimum Gasteiger partial charge on any atom is -0.412 e. The van der Waals surface area contributed by atoms with Gasteiger partial charge in [-0.3, -0.25) is 0 Å². The Morgan fingerprint density at radius 1 is 1.00 bits per heavy atom. The Morgan fingerprint density at radius 2 is 1.00 bits per heavy atom. The molecule has 0 amide bonds. The molecule has 0 aliphatic rings. The van der Waals surface area contributed by atoms with E-state index in [1.807, 2.05) is 0 Å². The van der Waals surface area contributed by atoms with Crippen LogP contribution in [0.15, 0.2) is 0 Å². The molecule has 1 radical (unpaired) electrons. The maximum Gasteiger partial charge on any atom is 0 e. The largest absolute Gasteiger partial charge is 0.412 e. The number of hydrogen-bond donors (Lipinski definition) is 1. The van der Waals surface area contributed by atoms with Crippen molar-refractivity contribution >= 4 is 39.5 Å². The summed E-state index contributed by atoms with van der Waals surface area (Å²) in [4.78, 5) is 0. The van der Waals surface area contributed by atoms with Crippen molar-refractivity contribution < 1.29 is 26.5 Å². The quantitative estimate of drug-likeness (QED) is 0.448. The second-order valence-corrected chi connectivity index (χ2v) is 0. The van der Waals surface area contributed by atoms with Crippen LogP contribution in [0.1, 0.15) is 0 Å². The zero-order chi connectivity index (χ0) is 0. The molecular formula is H8NNaOPW. The first kappa shape index (κ1) is 61.8. The molecular weight excluding hydrogens is 268 g/mol. The summed E-state index contributed by atoms with van der Waals surface area (Å²) < 4.78 is 0. The SMILES string of the molecule is N.O.P.[Na].[W]. The van der Waals surface area contributed by atoms with Gasteiger partial charge in [0.2, 0.25) is 0 Å². The van der Waals surface area contributed by atoms with Crippen LogP contribution in [0.2, 0.25) is 0 Å². The van der Waals surface area contributed by atoms with Crippen molar-refractivity contribution in [3.63, 3.8) is 0 Å². The van der Waals surface area contributed by atoms with Crippen molar-refractivity contribution in [2.45, 2.75) is 0 Å². The molecule has 0 aliphatic heterocycles. The molecule has 0 saturated heterocycles. The van der Waals surface area contributed by atoms with Crippen LogP contribution in [-0.4, -0.2) is 35.0 Å². The van der Waals surface area contributed by atoms with Gasteiger partial charge >= 0.3 is 0 Å². The summed E-state index contributed by atoms with van der Waals surface area (Å²) >= 11 is 0. The predicted octanol–water partition coefficient (Wildman–Crippen LogP) is -0.988. The summed E-state index contributed by atoms with van der Waals surface area (Å²) in [6, 6.07) is 0. The molecule has 31 valence electrons. The molecule has 5 heteroatoms. The molecule has 0 aromatic rings. The van der Waals surface area contributed by atoms with Crippen LogP contribution in [0, 0.1) is 0 Å². The Labute approximate surface area is 71.5 Å². The van der Waals surface area contributed by atoms with Crippen molar-refractivity contribution in [3.8, 4) is 0 Å². The first-order chi connectivity index (χ1) is 0. The summed E-state index contributed by atoms with van der Waals surface area (Å²) in [6.07, 6.45) is 0. The average molecular weight is 276 g/mol. The normalized spacial score (nSPS) is 0. The molecule has 1 atom stereocenters. The van der Waals surface area contributed by atoms with Crippen LogP contribution >= 0.6 is 9.90 Å². The maximum absolute atomic E-state index is 0. The van der Waals surface area contributed by atoms with Crippen LogP contribution < -0.4 is 6.15 Å². The average Bonchev–Trinajstić information content (AvgIpc) is 0. The molecule has 0 rings (SSSR count). The van der Waals surface area contributed by atoms with Gasteiger partial charge in [-0.25, -0.2) is 0 Å². The van der Waals surface area contributed by atoms with E-state index in [4.69, 9.17) is 0 Å². The summed E-state index contributed by atoms with van der Waals surface area (Å²) in [6.45, 7) is 0. The van der Waals surface area contributed by atoms with E-state index < -0.39 is 0 Å². The van der Waals surface area contributed by atoms with Gasteiger partial charge in [0.15, 0.2) is 0 Å². The minimum atomic E-state index is 0. The van der Waals surface area contributed by atoms with E-state index in [2.05, 4.69) is 0 Å². The minimum absolute atomic E-state index is 0. The molecule has 5 N–H and O–H groups in total. The van der Waals surface area contributed by atoms with Crippen LogP contribution in [0.25, 0.3) is 0 Å². The molecule has 1 unspecified atom stereocenters. The van der Waals surface area contributed by atoms with Crippen LogP contribution in [-0.2, 0) is 21.1 Å². The summed E-state index contributed by atoms with van der Waals surface area (Å²) in [5.41, 5.74) is 0. The third kappa shape index (κ3) is 23.7. The van der Waals surface area contributed by atoms with Gasteiger partial charge in [-0.05, 0) is 0 Å². The van der Waals surface area contributed by atoms with Gasteiger partial charge in [-0.2, -0.15) is 9.90 Å². The summed E-state index contributed by atoms with van der Waals surface area (Å²) in [5.74, 6) is 0. The zero-order valence-electron chi connectivity index (χ0n) is 3.32. The molecule has 0 heterocycles. The topological polar surface area (TPSA) is 66.5 Å². The molecule has 0 aliphatic carbocycles. The van der Waals surface area contributed by atoms with E-state index >= 15 is 0 Å². The molecule has 5 heavy (non-hydrogen) atoms. The number of hydrogen-bond acceptors (Lipinski definition) is 1. The molecule has 0 saturated carbocycles. The van der Waals surface area contributed by atoms with E-state index in [-0.39, 0.29) is 72.1 Å². The zero-order valence-corrected chi connectivity index (χ0v) is 9.67. The fourth-order valence-electron chi connectivity index (χ4n) is 0. The number of rotatable bonds is 0. The first-order valence-electron chi connectivity index (χ1n) is 0. The van der Waals surface area contributed by atoms with Crippen molar-refractivity contribution in [2.24, 2.45) is 0 Å². The van der Waals surface area contributed by atoms with Crippen molar-refractivity contribution in [1.82, 2.24) is 6.15 Å². The van der Waals surface area contributed by atoms with E-state index in [1.54, 1.807) is 0 Å². The van der Waals surface area contributed by atoms with Crippen molar-refractivity contribution in [3.05, 3.63) is 0 Å². The van der Waals surface area contributed by atoms with E-state index in [1.165, 1.54) is 0 Å². The summed E-state index contributed by atoms with van der Waals surface area (Å²) in [7, 11) is 0. The van der Waals surface area contributed by atoms with Crippen LogP contribution in [0.3, 0.4) is 0 Å². The van der Waals surface area contributed by atoms with E-state index in [0.717, 1.165) is 0 Å². The third-order valence-corrected chi connectivity index (χ3v) is 0. The van der Waals surface area contributed by atoms with Crippen LogP contribution in [0.4, 0.5) is 0 Å². The predicted molar refractivity (Wildman–Crippen MR) is 25.5 cm³/mol. The third-order valence-electron chi connectivity index (χ3n) is 0. The first-order valence-corrected chi connectivity index (χ1v) is 0. The van der Waals surface area contributed by atoms with E-state index in [9.17, 15) is 0 Å². The van der Waals surface area contributed by atoms with Gasteiger partial charge in [0.05, 0.1) is 0 Å². The van der Waals surface area contributed by atoms with Crippen molar-refractivity contribution in [1.29, 1.82) is 0 Å². The van der Waals surface area contributed by atoms with Gasteiger partial charge in [0.1, 0.15) is 0 Å². The Kier molecular flexibility index (Phi) is 456. The van der Waals surface area contributed by atoms with E-state index in [0.29, 0.717) is 0 Å². The van der Waals surface area contributed by atoms with Gasteiger partial charge < -0.3 is 11.6 Å². The standard InChI is InChI=1S/H3N.Na.H2O.H3P.W/h1H3;;1H2;1H3;. The second-order valence-electron chi connectivity index (χ2n) is 0. The monoisotopic (exact) mass is 276 g/mol. The Bertz CT molecular complexity index is 11.6. The van der Waals surface area contributed by atoms with Gasteiger partial charge in [0, 0.05) is 50.6 Å². The fourth-order valence-corrected chi connectivity index (χ4v) is 0. The fraction of sp³-hybridized carbons (Fsp3) is 0. The Balaban J connectivity index is 0. The Hall–Kier alpha value is 2.04. The van der Waals surface area contributed by atoms with Crippen LogP contribution in [0.5, 0.6) is 0 Å². The molecule has 0 spiro atoms. The molecule has 0 fully saturated rings. The molecule has 2 nitrogen and oxygen atoms in total. The second kappa shape index (κ2) is 36.9. The molecule has 0 bridgehead atoms. The van der Waals surface area contributed by atoms with Gasteiger partial charge in [-0.1, -0.05) is 0 Å². The Morgan fingerprint density at radius 3 is 1.00 bits per heavy atom. The smallest absolute Gasteiger partial charge is 0 e. The maximum atomic E-state index is 0. The van der Waals surface area contributed by atoms with Crippen molar-refractivity contribution in [2.75, 3.05) is 0 Å². The van der Waals surface area contributed by atoms with Gasteiger partial charge in [-0.15, -0.1) is 0 Å².